The number of benzene rings is 1. The lowest BCUT2D eigenvalue weighted by atomic mass is 9.84. The van der Waals surface area contributed by atoms with Crippen molar-refractivity contribution < 1.29 is 0 Å². The highest BCUT2D eigenvalue weighted by atomic mass is 32.1. The van der Waals surface area contributed by atoms with Crippen molar-refractivity contribution in [2.24, 2.45) is 11.7 Å². The van der Waals surface area contributed by atoms with Gasteiger partial charge in [0.15, 0.2) is 0 Å². The third-order valence-electron chi connectivity index (χ3n) is 6.29. The van der Waals surface area contributed by atoms with Gasteiger partial charge in [0.1, 0.15) is 0 Å². The summed E-state index contributed by atoms with van der Waals surface area (Å²) in [6.07, 6.45) is 6.51. The van der Waals surface area contributed by atoms with Crippen LogP contribution < -0.4 is 10.6 Å². The van der Waals surface area contributed by atoms with Gasteiger partial charge in [-0.05, 0) is 75.1 Å². The molecule has 0 radical (unpaired) electrons. The van der Waals surface area contributed by atoms with Crippen LogP contribution in [0.5, 0.6) is 0 Å². The summed E-state index contributed by atoms with van der Waals surface area (Å²) in [5.74, 6) is 0.907. The lowest BCUT2D eigenvalue weighted by Gasteiger charge is -2.42. The fraction of sp³-hybridized carbons (Fsp3) is 0.619. The maximum absolute atomic E-state index is 6.04. The summed E-state index contributed by atoms with van der Waals surface area (Å²) >= 11 is 1.84. The van der Waals surface area contributed by atoms with Crippen LogP contribution in [0.4, 0.5) is 5.69 Å². The molecule has 4 heteroatoms. The fourth-order valence-electron chi connectivity index (χ4n) is 4.63. The van der Waals surface area contributed by atoms with Gasteiger partial charge in [-0.15, -0.1) is 11.3 Å². The number of nitrogens with two attached hydrogens (primary N) is 1. The van der Waals surface area contributed by atoms with Gasteiger partial charge in [0.05, 0.1) is 0 Å². The summed E-state index contributed by atoms with van der Waals surface area (Å²) in [6.45, 7) is 7.14. The van der Waals surface area contributed by atoms with Gasteiger partial charge in [-0.1, -0.05) is 6.07 Å². The molecule has 1 saturated carbocycles. The fourth-order valence-corrected chi connectivity index (χ4v) is 5.43. The molecule has 2 fully saturated rings. The first-order valence-electron chi connectivity index (χ1n) is 9.91. The number of fused-ring (bicyclic) bond motifs is 1. The maximum atomic E-state index is 6.04. The first-order valence-corrected chi connectivity index (χ1v) is 10.8. The Morgan fingerprint density at radius 3 is 2.76 bits per heavy atom. The summed E-state index contributed by atoms with van der Waals surface area (Å²) in [5, 5.41) is 3.64. The van der Waals surface area contributed by atoms with Crippen molar-refractivity contribution in [1.29, 1.82) is 0 Å². The summed E-state index contributed by atoms with van der Waals surface area (Å²) < 4.78 is 1.41. The van der Waals surface area contributed by atoms with Gasteiger partial charge < -0.3 is 10.6 Å². The van der Waals surface area contributed by atoms with Crippen LogP contribution in [0.1, 0.15) is 39.0 Å². The second kappa shape index (κ2) is 7.65. The Morgan fingerprint density at radius 1 is 1.12 bits per heavy atom. The van der Waals surface area contributed by atoms with E-state index in [0.29, 0.717) is 12.1 Å². The van der Waals surface area contributed by atoms with Crippen molar-refractivity contribution in [2.45, 2.75) is 51.1 Å². The van der Waals surface area contributed by atoms with Crippen molar-refractivity contribution in [3.8, 4) is 0 Å². The highest BCUT2D eigenvalue weighted by Gasteiger charge is 2.26. The van der Waals surface area contributed by atoms with Gasteiger partial charge in [0.2, 0.25) is 0 Å². The number of anilines is 1. The molecule has 25 heavy (non-hydrogen) atoms. The van der Waals surface area contributed by atoms with E-state index in [4.69, 9.17) is 5.73 Å². The summed E-state index contributed by atoms with van der Waals surface area (Å²) in [7, 11) is 0. The van der Waals surface area contributed by atoms with Crippen molar-refractivity contribution in [2.75, 3.05) is 31.1 Å². The zero-order chi connectivity index (χ0) is 17.2. The molecule has 1 aromatic carbocycles. The largest absolute Gasteiger partial charge is 0.368 e. The van der Waals surface area contributed by atoms with Crippen LogP contribution in [0.3, 0.4) is 0 Å². The first kappa shape index (κ1) is 17.3. The van der Waals surface area contributed by atoms with Gasteiger partial charge in [-0.3, -0.25) is 4.90 Å². The predicted molar refractivity (Wildman–Crippen MR) is 110 cm³/mol. The van der Waals surface area contributed by atoms with Crippen LogP contribution in [0, 0.1) is 5.92 Å². The monoisotopic (exact) mass is 357 g/mol. The minimum atomic E-state index is 0.471. The van der Waals surface area contributed by atoms with E-state index in [1.165, 1.54) is 61.0 Å². The average Bonchev–Trinajstić information content (AvgIpc) is 3.11. The number of hydrogen-bond acceptors (Lipinski definition) is 4. The summed E-state index contributed by atoms with van der Waals surface area (Å²) in [5.41, 5.74) is 7.47. The molecule has 2 heterocycles. The Labute approximate surface area is 155 Å². The van der Waals surface area contributed by atoms with E-state index < -0.39 is 0 Å². The van der Waals surface area contributed by atoms with Crippen LogP contribution >= 0.6 is 11.3 Å². The van der Waals surface area contributed by atoms with E-state index in [1.54, 1.807) is 0 Å². The molecule has 2 N–H and O–H groups in total. The number of nitrogens with zero attached hydrogens (tertiary/aromatic N) is 2. The topological polar surface area (TPSA) is 32.5 Å². The Hall–Kier alpha value is -1.10. The van der Waals surface area contributed by atoms with Crippen molar-refractivity contribution >= 4 is 27.1 Å². The second-order valence-electron chi connectivity index (χ2n) is 8.01. The van der Waals surface area contributed by atoms with E-state index in [1.807, 2.05) is 11.3 Å². The highest BCUT2D eigenvalue weighted by Crippen LogP contribution is 2.32. The number of rotatable bonds is 4. The van der Waals surface area contributed by atoms with Gasteiger partial charge >= 0.3 is 0 Å². The van der Waals surface area contributed by atoms with Crippen LogP contribution in [0.25, 0.3) is 10.1 Å². The van der Waals surface area contributed by atoms with E-state index in [2.05, 4.69) is 46.4 Å². The molecule has 0 amide bonds. The van der Waals surface area contributed by atoms with Crippen LogP contribution in [0.2, 0.25) is 0 Å². The van der Waals surface area contributed by atoms with Gasteiger partial charge in [0.25, 0.3) is 0 Å². The normalized spacial score (nSPS) is 28.6. The molecule has 1 aromatic heterocycles. The Morgan fingerprint density at radius 2 is 1.96 bits per heavy atom. The molecule has 136 valence electrons. The molecule has 1 aliphatic carbocycles. The van der Waals surface area contributed by atoms with Crippen molar-refractivity contribution in [3.05, 3.63) is 29.6 Å². The molecule has 1 saturated heterocycles. The van der Waals surface area contributed by atoms with E-state index in [-0.39, 0.29) is 0 Å². The Balaban J connectivity index is 1.33. The van der Waals surface area contributed by atoms with Crippen LogP contribution in [-0.2, 0) is 0 Å². The third kappa shape index (κ3) is 3.86. The first-order chi connectivity index (χ1) is 12.2. The molecule has 2 aromatic rings. The van der Waals surface area contributed by atoms with E-state index in [0.717, 1.165) is 19.0 Å². The zero-order valence-corrected chi connectivity index (χ0v) is 16.2. The van der Waals surface area contributed by atoms with E-state index in [9.17, 15) is 0 Å². The quantitative estimate of drug-likeness (QED) is 0.884. The number of piperazine rings is 1. The predicted octanol–water partition coefficient (Wildman–Crippen LogP) is 4.32. The zero-order valence-electron chi connectivity index (χ0n) is 15.4. The minimum Gasteiger partial charge on any atom is -0.368 e. The molecule has 0 bridgehead atoms. The average molecular weight is 358 g/mol. The maximum Gasteiger partial charge on any atom is 0.0455 e. The molecule has 1 aliphatic heterocycles. The molecular formula is C21H31N3S. The van der Waals surface area contributed by atoms with Crippen molar-refractivity contribution in [1.82, 2.24) is 4.90 Å². The lowest BCUT2D eigenvalue weighted by Crippen LogP contribution is -2.52. The molecule has 2 aliphatic rings. The van der Waals surface area contributed by atoms with Crippen LogP contribution in [-0.4, -0.2) is 43.2 Å². The highest BCUT2D eigenvalue weighted by molar-refractivity contribution is 7.17. The lowest BCUT2D eigenvalue weighted by molar-refractivity contribution is 0.167. The Bertz CT molecular complexity index is 689. The second-order valence-corrected chi connectivity index (χ2v) is 8.96. The third-order valence-corrected chi connectivity index (χ3v) is 7.18. The Kier molecular flexibility index (Phi) is 5.30. The molecule has 1 atom stereocenters. The molecule has 1 unspecified atom stereocenters. The summed E-state index contributed by atoms with van der Waals surface area (Å²) in [4.78, 5) is 5.30. The summed E-state index contributed by atoms with van der Waals surface area (Å²) in [6, 6.07) is 10.1. The molecule has 3 nitrogen and oxygen atoms in total. The standard InChI is InChI=1S/C21H31N3S/c1-16-15-24(20-3-2-4-21-19(20)10-14-25-21)13-12-23(16)11-9-17-5-7-18(22)8-6-17/h2-4,10,14,16-18H,5-9,11-13,15,22H2,1H3. The van der Waals surface area contributed by atoms with Crippen molar-refractivity contribution in [3.63, 3.8) is 0 Å². The van der Waals surface area contributed by atoms with Gasteiger partial charge in [-0.2, -0.15) is 0 Å². The van der Waals surface area contributed by atoms with Crippen LogP contribution in [0.15, 0.2) is 29.6 Å². The SMILES string of the molecule is CC1CN(c2cccc3sccc23)CCN1CCC1CCC(N)CC1. The van der Waals surface area contributed by atoms with E-state index >= 15 is 0 Å². The van der Waals surface area contributed by atoms with Gasteiger partial charge in [0, 0.05) is 47.5 Å². The van der Waals surface area contributed by atoms with Gasteiger partial charge in [-0.25, -0.2) is 0 Å². The number of thiophene rings is 1. The minimum absolute atomic E-state index is 0.471. The molecule has 4 rings (SSSR count). The smallest absolute Gasteiger partial charge is 0.0455 e. The molecule has 0 spiro atoms. The molecular weight excluding hydrogens is 326 g/mol. The number of hydrogen-bond donors (Lipinski definition) is 1.